The average molecular weight is 314 g/mol. The first kappa shape index (κ1) is 15.1. The van der Waals surface area contributed by atoms with Crippen molar-refractivity contribution in [2.45, 2.75) is 12.5 Å². The van der Waals surface area contributed by atoms with Gasteiger partial charge < -0.3 is 10.5 Å². The summed E-state index contributed by atoms with van der Waals surface area (Å²) in [5, 5.41) is 1.15. The minimum atomic E-state index is -0.324. The Kier molecular flexibility index (Phi) is 5.24. The molecule has 2 nitrogen and oxygen atoms in total. The largest absolute Gasteiger partial charge is 0.492 e. The van der Waals surface area contributed by atoms with Crippen molar-refractivity contribution in [1.29, 1.82) is 0 Å². The second-order valence-corrected chi connectivity index (χ2v) is 5.31. The van der Waals surface area contributed by atoms with Crippen molar-refractivity contribution in [2.75, 3.05) is 6.61 Å². The summed E-state index contributed by atoms with van der Waals surface area (Å²) < 4.78 is 18.7. The van der Waals surface area contributed by atoms with E-state index < -0.39 is 0 Å². The first-order valence-electron chi connectivity index (χ1n) is 6.12. The Morgan fingerprint density at radius 1 is 1.10 bits per heavy atom. The molecule has 1 atom stereocenters. The lowest BCUT2D eigenvalue weighted by Gasteiger charge is -2.14. The van der Waals surface area contributed by atoms with Crippen LogP contribution in [-0.2, 0) is 6.42 Å². The molecule has 2 rings (SSSR count). The number of rotatable bonds is 5. The van der Waals surface area contributed by atoms with E-state index in [0.29, 0.717) is 34.4 Å². The first-order valence-corrected chi connectivity index (χ1v) is 6.88. The van der Waals surface area contributed by atoms with Gasteiger partial charge in [-0.2, -0.15) is 0 Å². The molecule has 0 aromatic heterocycles. The maximum atomic E-state index is 13.1. The number of nitrogens with two attached hydrogens (primary N) is 1. The van der Waals surface area contributed by atoms with Crippen LogP contribution in [0.3, 0.4) is 0 Å². The summed E-state index contributed by atoms with van der Waals surface area (Å²) in [5.41, 5.74) is 6.65. The van der Waals surface area contributed by atoms with Gasteiger partial charge in [0.2, 0.25) is 0 Å². The smallest absolute Gasteiger partial charge is 0.123 e. The highest BCUT2D eigenvalue weighted by molar-refractivity contribution is 6.31. The van der Waals surface area contributed by atoms with Crippen LogP contribution in [0.5, 0.6) is 5.75 Å². The summed E-state index contributed by atoms with van der Waals surface area (Å²) in [5.74, 6) is 0.366. The Morgan fingerprint density at radius 3 is 2.50 bits per heavy atom. The highest BCUT2D eigenvalue weighted by atomic mass is 35.5. The van der Waals surface area contributed by atoms with E-state index in [9.17, 15) is 4.39 Å². The van der Waals surface area contributed by atoms with Crippen molar-refractivity contribution in [1.82, 2.24) is 0 Å². The van der Waals surface area contributed by atoms with Gasteiger partial charge in [-0.3, -0.25) is 0 Å². The topological polar surface area (TPSA) is 35.2 Å². The lowest BCUT2D eigenvalue weighted by atomic mass is 10.1. The van der Waals surface area contributed by atoms with Crippen LogP contribution in [-0.4, -0.2) is 12.6 Å². The number of halogens is 3. The molecule has 2 aromatic rings. The molecular weight excluding hydrogens is 300 g/mol. The molecule has 0 heterocycles. The predicted molar refractivity (Wildman–Crippen MR) is 80.0 cm³/mol. The summed E-state index contributed by atoms with van der Waals surface area (Å²) in [4.78, 5) is 0. The van der Waals surface area contributed by atoms with E-state index in [1.807, 2.05) is 0 Å². The van der Waals surface area contributed by atoms with Crippen LogP contribution in [0.25, 0.3) is 0 Å². The number of ether oxygens (including phenoxy) is 1. The van der Waals surface area contributed by atoms with Gasteiger partial charge in [-0.15, -0.1) is 0 Å². The molecule has 5 heteroatoms. The summed E-state index contributed by atoms with van der Waals surface area (Å²) in [6.07, 6.45) is 0.449. The fourth-order valence-corrected chi connectivity index (χ4v) is 2.10. The van der Waals surface area contributed by atoms with Crippen LogP contribution in [0.15, 0.2) is 42.5 Å². The zero-order chi connectivity index (χ0) is 14.5. The Hall–Kier alpha value is -1.29. The van der Waals surface area contributed by atoms with Crippen molar-refractivity contribution < 1.29 is 9.13 Å². The monoisotopic (exact) mass is 313 g/mol. The average Bonchev–Trinajstić information content (AvgIpc) is 2.42. The summed E-state index contributed by atoms with van der Waals surface area (Å²) in [6.45, 7) is 0.314. The van der Waals surface area contributed by atoms with E-state index in [0.717, 1.165) is 0 Å². The number of benzene rings is 2. The highest BCUT2D eigenvalue weighted by Gasteiger charge is 2.09. The van der Waals surface area contributed by atoms with Crippen molar-refractivity contribution in [3.8, 4) is 5.75 Å². The zero-order valence-corrected chi connectivity index (χ0v) is 12.2. The maximum Gasteiger partial charge on any atom is 0.123 e. The fourth-order valence-electron chi connectivity index (χ4n) is 1.78. The zero-order valence-electron chi connectivity index (χ0n) is 10.7. The maximum absolute atomic E-state index is 13.1. The predicted octanol–water partition coefficient (Wildman–Crippen LogP) is 4.08. The molecule has 20 heavy (non-hydrogen) atoms. The van der Waals surface area contributed by atoms with E-state index in [1.54, 1.807) is 24.3 Å². The minimum absolute atomic E-state index is 0.273. The third-order valence-corrected chi connectivity index (χ3v) is 3.39. The Labute approximate surface area is 127 Å². The Morgan fingerprint density at radius 2 is 1.80 bits per heavy atom. The van der Waals surface area contributed by atoms with Crippen molar-refractivity contribution in [3.05, 3.63) is 63.9 Å². The molecule has 0 aliphatic heterocycles. The Bertz CT molecular complexity index is 575. The molecule has 0 saturated heterocycles. The fraction of sp³-hybridized carbons (Fsp3) is 0.200. The number of hydrogen-bond donors (Lipinski definition) is 1. The van der Waals surface area contributed by atoms with Crippen LogP contribution in [0, 0.1) is 5.82 Å². The second kappa shape index (κ2) is 6.93. The molecule has 0 bridgehead atoms. The summed E-state index contributed by atoms with van der Waals surface area (Å²) in [7, 11) is 0. The van der Waals surface area contributed by atoms with Crippen molar-refractivity contribution in [3.63, 3.8) is 0 Å². The summed E-state index contributed by atoms with van der Waals surface area (Å²) in [6, 6.07) is 11.0. The van der Waals surface area contributed by atoms with E-state index in [-0.39, 0.29) is 11.9 Å². The molecule has 0 amide bonds. The minimum Gasteiger partial charge on any atom is -0.492 e. The third kappa shape index (κ3) is 4.37. The van der Waals surface area contributed by atoms with Crippen LogP contribution >= 0.6 is 23.2 Å². The Balaban J connectivity index is 1.90. The van der Waals surface area contributed by atoms with Crippen LogP contribution in [0.4, 0.5) is 4.39 Å². The van der Waals surface area contributed by atoms with Gasteiger partial charge in [0, 0.05) is 16.1 Å². The van der Waals surface area contributed by atoms with E-state index >= 15 is 0 Å². The van der Waals surface area contributed by atoms with E-state index in [2.05, 4.69) is 0 Å². The molecular formula is C15H14Cl2FNO. The number of hydrogen-bond acceptors (Lipinski definition) is 2. The first-order chi connectivity index (χ1) is 9.54. The second-order valence-electron chi connectivity index (χ2n) is 4.46. The van der Waals surface area contributed by atoms with Crippen molar-refractivity contribution >= 4 is 23.2 Å². The molecule has 106 valence electrons. The van der Waals surface area contributed by atoms with Gasteiger partial charge in [0.1, 0.15) is 18.2 Å². The van der Waals surface area contributed by atoms with Gasteiger partial charge in [0.25, 0.3) is 0 Å². The van der Waals surface area contributed by atoms with E-state index in [4.69, 9.17) is 33.7 Å². The van der Waals surface area contributed by atoms with Gasteiger partial charge >= 0.3 is 0 Å². The van der Waals surface area contributed by atoms with Gasteiger partial charge in [-0.1, -0.05) is 23.2 Å². The summed E-state index contributed by atoms with van der Waals surface area (Å²) >= 11 is 11.8. The SMILES string of the molecule is NC(COc1ccc(Cl)cc1)Cc1cc(F)ccc1Cl. The molecule has 0 aliphatic carbocycles. The van der Waals surface area contributed by atoms with Crippen molar-refractivity contribution in [2.24, 2.45) is 5.73 Å². The van der Waals surface area contributed by atoms with Crippen LogP contribution in [0.1, 0.15) is 5.56 Å². The lowest BCUT2D eigenvalue weighted by molar-refractivity contribution is 0.287. The van der Waals surface area contributed by atoms with Gasteiger partial charge in [-0.25, -0.2) is 4.39 Å². The quantitative estimate of drug-likeness (QED) is 0.902. The lowest BCUT2D eigenvalue weighted by Crippen LogP contribution is -2.30. The molecule has 0 saturated carbocycles. The van der Waals surface area contributed by atoms with Gasteiger partial charge in [-0.05, 0) is 54.4 Å². The molecule has 0 radical (unpaired) electrons. The third-order valence-electron chi connectivity index (χ3n) is 2.77. The normalized spacial score (nSPS) is 12.2. The standard InChI is InChI=1S/C15H14Cl2FNO/c16-11-1-4-14(5-2-11)20-9-13(19)8-10-7-12(18)3-6-15(10)17/h1-7,13H,8-9,19H2. The van der Waals surface area contributed by atoms with Crippen LogP contribution in [0.2, 0.25) is 10.0 Å². The van der Waals surface area contributed by atoms with Gasteiger partial charge in [0.05, 0.1) is 0 Å². The van der Waals surface area contributed by atoms with E-state index in [1.165, 1.54) is 18.2 Å². The van der Waals surface area contributed by atoms with Crippen LogP contribution < -0.4 is 10.5 Å². The molecule has 2 aromatic carbocycles. The molecule has 0 fully saturated rings. The van der Waals surface area contributed by atoms with Gasteiger partial charge in [0.15, 0.2) is 0 Å². The highest BCUT2D eigenvalue weighted by Crippen LogP contribution is 2.19. The molecule has 2 N–H and O–H groups in total. The molecule has 0 aliphatic rings. The molecule has 0 spiro atoms. The molecule has 1 unspecified atom stereocenters.